The van der Waals surface area contributed by atoms with Crippen molar-refractivity contribution in [3.8, 4) is 0 Å². The lowest BCUT2D eigenvalue weighted by Crippen LogP contribution is -2.54. The van der Waals surface area contributed by atoms with Gasteiger partial charge in [-0.1, -0.05) is 27.7 Å². The van der Waals surface area contributed by atoms with Gasteiger partial charge in [-0.2, -0.15) is 0 Å². The molecule has 1 aromatic carbocycles. The van der Waals surface area contributed by atoms with Crippen molar-refractivity contribution in [3.63, 3.8) is 0 Å². The highest BCUT2D eigenvalue weighted by atomic mass is 16.5. The number of carbonyl (C=O) groups excluding carboxylic acids is 1. The molecule has 0 saturated carbocycles. The number of piperidine rings is 1. The summed E-state index contributed by atoms with van der Waals surface area (Å²) in [5.41, 5.74) is 2.63. The minimum Gasteiger partial charge on any atom is -0.395 e. The normalized spacial score (nSPS) is 24.9. The molecule has 0 radical (unpaired) electrons. The largest absolute Gasteiger partial charge is 0.395 e. The Balaban J connectivity index is 0.00000132. The van der Waals surface area contributed by atoms with E-state index in [4.69, 9.17) is 9.84 Å². The molecular weight excluding hydrogens is 392 g/mol. The Labute approximate surface area is 187 Å². The van der Waals surface area contributed by atoms with Crippen LogP contribution in [-0.4, -0.2) is 81.2 Å². The van der Waals surface area contributed by atoms with Gasteiger partial charge in [-0.3, -0.25) is 0 Å². The van der Waals surface area contributed by atoms with Crippen molar-refractivity contribution in [2.75, 3.05) is 68.9 Å². The van der Waals surface area contributed by atoms with Crippen LogP contribution in [0, 0.1) is 11.3 Å². The molecule has 4 fully saturated rings. The van der Waals surface area contributed by atoms with E-state index in [-0.39, 0.29) is 24.1 Å². The molecule has 0 spiro atoms. The third kappa shape index (κ3) is 5.44. The number of carbonyl (C=O) groups is 1. The van der Waals surface area contributed by atoms with Crippen molar-refractivity contribution < 1.29 is 14.6 Å². The molecule has 0 aromatic heterocycles. The number of anilines is 2. The first-order valence-corrected chi connectivity index (χ1v) is 11.8. The molecule has 0 aliphatic carbocycles. The van der Waals surface area contributed by atoms with E-state index in [1.54, 1.807) is 0 Å². The molecule has 7 nitrogen and oxygen atoms in total. The smallest absolute Gasteiger partial charge is 0.317 e. The van der Waals surface area contributed by atoms with Crippen molar-refractivity contribution in [3.05, 3.63) is 24.3 Å². The Morgan fingerprint density at radius 1 is 1.10 bits per heavy atom. The lowest BCUT2D eigenvalue weighted by Gasteiger charge is -2.48. The van der Waals surface area contributed by atoms with Crippen molar-refractivity contribution in [2.24, 2.45) is 11.3 Å². The molecule has 7 heteroatoms. The number of fused-ring (bicyclic) bond motifs is 4. The number of rotatable bonds is 4. The highest BCUT2D eigenvalue weighted by Crippen LogP contribution is 2.43. The summed E-state index contributed by atoms with van der Waals surface area (Å²) in [6, 6.07) is 9.12. The van der Waals surface area contributed by atoms with Gasteiger partial charge in [0.05, 0.1) is 25.9 Å². The fraction of sp³-hybridized carbons (Fsp3) is 0.708. The Bertz CT molecular complexity index is 703. The topological polar surface area (TPSA) is 68.3 Å². The Kier molecular flexibility index (Phi) is 8.06. The SMILES string of the molecule is CC.CC1(C)CC2CN(C(=O)NCCO)CC1N(c1ccc(N3CCOCC3)cc1)C2. The van der Waals surface area contributed by atoms with Gasteiger partial charge in [-0.05, 0) is 42.0 Å². The summed E-state index contributed by atoms with van der Waals surface area (Å²) in [6.07, 6.45) is 1.13. The molecular formula is C24H40N4O3. The van der Waals surface area contributed by atoms with E-state index in [1.807, 2.05) is 18.7 Å². The maximum absolute atomic E-state index is 12.6. The van der Waals surface area contributed by atoms with Crippen molar-refractivity contribution in [2.45, 2.75) is 40.2 Å². The zero-order chi connectivity index (χ0) is 22.4. The molecule has 2 bridgehead atoms. The number of aliphatic hydroxyl groups is 1. The number of amides is 2. The molecule has 2 unspecified atom stereocenters. The van der Waals surface area contributed by atoms with Gasteiger partial charge in [0.2, 0.25) is 0 Å². The van der Waals surface area contributed by atoms with E-state index in [2.05, 4.69) is 53.2 Å². The minimum atomic E-state index is -0.0590. The molecule has 4 heterocycles. The highest BCUT2D eigenvalue weighted by molar-refractivity contribution is 5.74. The summed E-state index contributed by atoms with van der Waals surface area (Å²) in [5.74, 6) is 0.447. The van der Waals surface area contributed by atoms with Crippen LogP contribution < -0.4 is 15.1 Å². The third-order valence-electron chi connectivity index (χ3n) is 6.65. The van der Waals surface area contributed by atoms with Crippen molar-refractivity contribution >= 4 is 17.4 Å². The first-order chi connectivity index (χ1) is 15.0. The molecule has 2 N–H and O–H groups in total. The van der Waals surface area contributed by atoms with Gasteiger partial charge in [0.15, 0.2) is 0 Å². The van der Waals surface area contributed by atoms with Crippen LogP contribution in [0.15, 0.2) is 24.3 Å². The van der Waals surface area contributed by atoms with Gasteiger partial charge < -0.3 is 29.9 Å². The molecule has 2 atom stereocenters. The second-order valence-corrected chi connectivity index (χ2v) is 9.20. The number of nitrogens with zero attached hydrogens (tertiary/aromatic N) is 3. The standard InChI is InChI=1S/C22H34N4O3.C2H6/c1-22(2)13-17-14-25(21(28)23-7-10-27)16-20(22)26(15-17)19-5-3-18(4-6-19)24-8-11-29-12-9-24;1-2/h3-6,17,20,27H,7-16H2,1-2H3,(H,23,28);1-2H3. The molecule has 4 saturated heterocycles. The van der Waals surface area contributed by atoms with Gasteiger partial charge in [0.1, 0.15) is 0 Å². The predicted octanol–water partition coefficient (Wildman–Crippen LogP) is 2.79. The van der Waals surface area contributed by atoms with Gasteiger partial charge >= 0.3 is 6.03 Å². The second kappa shape index (κ2) is 10.6. The fourth-order valence-electron chi connectivity index (χ4n) is 5.24. The quantitative estimate of drug-likeness (QED) is 0.766. The fourth-order valence-corrected chi connectivity index (χ4v) is 5.24. The predicted molar refractivity (Wildman–Crippen MR) is 126 cm³/mol. The van der Waals surface area contributed by atoms with Crippen LogP contribution in [-0.2, 0) is 4.74 Å². The Hall–Kier alpha value is -1.99. The summed E-state index contributed by atoms with van der Waals surface area (Å²) in [6.45, 7) is 14.9. The van der Waals surface area contributed by atoms with Crippen LogP contribution in [0.4, 0.5) is 16.2 Å². The molecule has 4 aliphatic heterocycles. The van der Waals surface area contributed by atoms with Crippen LogP contribution >= 0.6 is 0 Å². The lowest BCUT2D eigenvalue weighted by molar-refractivity contribution is 0.122. The molecule has 174 valence electrons. The zero-order valence-corrected chi connectivity index (χ0v) is 19.6. The monoisotopic (exact) mass is 432 g/mol. The Morgan fingerprint density at radius 3 is 2.39 bits per heavy atom. The number of hydrogen-bond acceptors (Lipinski definition) is 5. The lowest BCUT2D eigenvalue weighted by atomic mass is 9.73. The summed E-state index contributed by atoms with van der Waals surface area (Å²) < 4.78 is 5.46. The molecule has 4 aliphatic rings. The third-order valence-corrected chi connectivity index (χ3v) is 6.65. The maximum atomic E-state index is 12.6. The van der Waals surface area contributed by atoms with Crippen LogP contribution in [0.1, 0.15) is 34.1 Å². The van der Waals surface area contributed by atoms with E-state index in [0.717, 1.165) is 45.8 Å². The number of urea groups is 1. The van der Waals surface area contributed by atoms with E-state index in [0.29, 0.717) is 19.0 Å². The summed E-state index contributed by atoms with van der Waals surface area (Å²) in [4.78, 5) is 19.4. The number of morpholine rings is 1. The molecule has 5 rings (SSSR count). The van der Waals surface area contributed by atoms with E-state index >= 15 is 0 Å². The van der Waals surface area contributed by atoms with Gasteiger partial charge in [-0.15, -0.1) is 0 Å². The van der Waals surface area contributed by atoms with E-state index in [1.165, 1.54) is 11.4 Å². The number of nitrogens with one attached hydrogen (secondary N) is 1. The summed E-state index contributed by atoms with van der Waals surface area (Å²) >= 11 is 0. The first-order valence-electron chi connectivity index (χ1n) is 11.8. The van der Waals surface area contributed by atoms with Crippen LogP contribution in [0.2, 0.25) is 0 Å². The molecule has 1 aromatic rings. The zero-order valence-electron chi connectivity index (χ0n) is 19.6. The van der Waals surface area contributed by atoms with Gasteiger partial charge in [-0.25, -0.2) is 4.79 Å². The number of aliphatic hydroxyl groups excluding tert-OH is 1. The van der Waals surface area contributed by atoms with Gasteiger partial charge in [0.25, 0.3) is 0 Å². The van der Waals surface area contributed by atoms with Crippen LogP contribution in [0.3, 0.4) is 0 Å². The highest BCUT2D eigenvalue weighted by Gasteiger charge is 2.46. The average Bonchev–Trinajstić information content (AvgIpc) is 3.07. The Morgan fingerprint density at radius 2 is 1.74 bits per heavy atom. The van der Waals surface area contributed by atoms with Crippen LogP contribution in [0.5, 0.6) is 0 Å². The first kappa shape index (κ1) is 23.7. The number of hydrogen-bond donors (Lipinski definition) is 2. The van der Waals surface area contributed by atoms with Crippen molar-refractivity contribution in [1.29, 1.82) is 0 Å². The van der Waals surface area contributed by atoms with Gasteiger partial charge in [0, 0.05) is 50.6 Å². The molecule has 31 heavy (non-hydrogen) atoms. The number of ether oxygens (including phenoxy) is 1. The summed E-state index contributed by atoms with van der Waals surface area (Å²) in [7, 11) is 0. The average molecular weight is 433 g/mol. The van der Waals surface area contributed by atoms with Crippen molar-refractivity contribution in [1.82, 2.24) is 10.2 Å². The van der Waals surface area contributed by atoms with E-state index < -0.39 is 0 Å². The maximum Gasteiger partial charge on any atom is 0.317 e. The van der Waals surface area contributed by atoms with E-state index in [9.17, 15) is 4.79 Å². The molecule has 2 amide bonds. The second-order valence-electron chi connectivity index (χ2n) is 9.20. The number of benzene rings is 1. The minimum absolute atomic E-state index is 0.0282. The van der Waals surface area contributed by atoms with Crippen LogP contribution in [0.25, 0.3) is 0 Å². The summed E-state index contributed by atoms with van der Waals surface area (Å²) in [5, 5.41) is 11.9.